The second-order valence-corrected chi connectivity index (χ2v) is 11.8. The third-order valence-electron chi connectivity index (χ3n) is 7.63. The van der Waals surface area contributed by atoms with Gasteiger partial charge >= 0.3 is 0 Å². The van der Waals surface area contributed by atoms with Gasteiger partial charge in [0.15, 0.2) is 0 Å². The molecule has 7 rings (SSSR count). The van der Waals surface area contributed by atoms with Crippen LogP contribution in [0.3, 0.4) is 0 Å². The van der Waals surface area contributed by atoms with Gasteiger partial charge in [0.1, 0.15) is 23.0 Å². The first kappa shape index (κ1) is 25.8. The highest BCUT2D eigenvalue weighted by Gasteiger charge is 2.45. The molecule has 0 heterocycles. The standard InChI is InChI=1S/C37H24Br2O2/c38-27-13-21-31(22-14-27)40-29-17-9-25(10-18-29)37(35-7-3-1-5-33(35)34-6-2-4-8-36(34)37)26-11-19-30(20-12-26)41-32-23-15-28(39)16-24-32/h1-24H. The molecule has 0 amide bonds. The van der Waals surface area contributed by atoms with Gasteiger partial charge < -0.3 is 9.47 Å². The molecule has 6 aromatic carbocycles. The van der Waals surface area contributed by atoms with Crippen LogP contribution in [0.1, 0.15) is 22.3 Å². The molecule has 0 bridgehead atoms. The highest BCUT2D eigenvalue weighted by Crippen LogP contribution is 2.56. The average molecular weight is 660 g/mol. The van der Waals surface area contributed by atoms with Gasteiger partial charge in [-0.1, -0.05) is 105 Å². The van der Waals surface area contributed by atoms with Crippen molar-refractivity contribution < 1.29 is 9.47 Å². The summed E-state index contributed by atoms with van der Waals surface area (Å²) in [6, 6.07) is 50.3. The second kappa shape index (κ2) is 10.7. The number of hydrogen-bond donors (Lipinski definition) is 0. The lowest BCUT2D eigenvalue weighted by atomic mass is 9.68. The Balaban J connectivity index is 1.34. The summed E-state index contributed by atoms with van der Waals surface area (Å²) in [4.78, 5) is 0. The zero-order valence-corrected chi connectivity index (χ0v) is 25.1. The molecule has 0 spiro atoms. The summed E-state index contributed by atoms with van der Waals surface area (Å²) >= 11 is 6.98. The summed E-state index contributed by atoms with van der Waals surface area (Å²) in [5.74, 6) is 3.19. The van der Waals surface area contributed by atoms with Crippen molar-refractivity contribution in [3.8, 4) is 34.1 Å². The molecule has 0 saturated heterocycles. The van der Waals surface area contributed by atoms with E-state index in [1.54, 1.807) is 0 Å². The van der Waals surface area contributed by atoms with E-state index in [2.05, 4.69) is 129 Å². The second-order valence-electron chi connectivity index (χ2n) is 10.0. The Labute approximate surface area is 256 Å². The lowest BCUT2D eigenvalue weighted by Gasteiger charge is -2.34. The topological polar surface area (TPSA) is 18.5 Å². The Morgan fingerprint density at radius 1 is 0.366 bits per heavy atom. The normalized spacial score (nSPS) is 12.8. The van der Waals surface area contributed by atoms with Crippen LogP contribution in [0.5, 0.6) is 23.0 Å². The van der Waals surface area contributed by atoms with E-state index in [1.165, 1.54) is 33.4 Å². The van der Waals surface area contributed by atoms with E-state index in [0.717, 1.165) is 31.9 Å². The van der Waals surface area contributed by atoms with Crippen molar-refractivity contribution in [2.24, 2.45) is 0 Å². The Morgan fingerprint density at radius 2 is 0.683 bits per heavy atom. The van der Waals surface area contributed by atoms with Gasteiger partial charge in [-0.15, -0.1) is 0 Å². The molecule has 0 N–H and O–H groups in total. The van der Waals surface area contributed by atoms with Crippen molar-refractivity contribution in [3.05, 3.63) is 177 Å². The number of hydrogen-bond acceptors (Lipinski definition) is 2. The SMILES string of the molecule is Brc1ccc(Oc2ccc(C3(c4ccc(Oc5ccc(Br)cc5)cc4)c4ccccc4-c4ccccc43)cc2)cc1. The molecule has 4 heteroatoms. The van der Waals surface area contributed by atoms with Crippen molar-refractivity contribution in [1.82, 2.24) is 0 Å². The van der Waals surface area contributed by atoms with Crippen LogP contribution in [0.25, 0.3) is 11.1 Å². The monoisotopic (exact) mass is 658 g/mol. The fourth-order valence-electron chi connectivity index (χ4n) is 5.85. The first-order chi connectivity index (χ1) is 20.1. The van der Waals surface area contributed by atoms with Gasteiger partial charge in [-0.05, 0) is 106 Å². The van der Waals surface area contributed by atoms with Crippen LogP contribution in [-0.2, 0) is 5.41 Å². The predicted molar refractivity (Wildman–Crippen MR) is 172 cm³/mol. The molecule has 1 aliphatic carbocycles. The molecular formula is C37H24Br2O2. The van der Waals surface area contributed by atoms with Crippen LogP contribution in [0.15, 0.2) is 155 Å². The average Bonchev–Trinajstić information content (AvgIpc) is 3.32. The summed E-state index contributed by atoms with van der Waals surface area (Å²) in [5, 5.41) is 0. The molecule has 0 aromatic heterocycles. The largest absolute Gasteiger partial charge is 0.457 e. The van der Waals surface area contributed by atoms with Gasteiger partial charge in [0.25, 0.3) is 0 Å². The lowest BCUT2D eigenvalue weighted by molar-refractivity contribution is 0.482. The molecule has 0 saturated carbocycles. The maximum Gasteiger partial charge on any atom is 0.127 e. The van der Waals surface area contributed by atoms with E-state index < -0.39 is 5.41 Å². The Kier molecular flexibility index (Phi) is 6.74. The van der Waals surface area contributed by atoms with Crippen LogP contribution in [-0.4, -0.2) is 0 Å². The highest BCUT2D eigenvalue weighted by atomic mass is 79.9. The van der Waals surface area contributed by atoms with E-state index in [4.69, 9.17) is 9.47 Å². The zero-order valence-electron chi connectivity index (χ0n) is 21.9. The van der Waals surface area contributed by atoms with Crippen molar-refractivity contribution in [1.29, 1.82) is 0 Å². The molecule has 0 fully saturated rings. The maximum atomic E-state index is 6.17. The Bertz CT molecular complexity index is 1690. The summed E-state index contributed by atoms with van der Waals surface area (Å²) in [6.45, 7) is 0. The quantitative estimate of drug-likeness (QED) is 0.177. The number of halogens is 2. The molecule has 0 aliphatic heterocycles. The van der Waals surface area contributed by atoms with Crippen LogP contribution < -0.4 is 9.47 Å². The molecule has 0 unspecified atom stereocenters. The summed E-state index contributed by atoms with van der Waals surface area (Å²) in [6.07, 6.45) is 0. The maximum absolute atomic E-state index is 6.17. The van der Waals surface area contributed by atoms with Gasteiger partial charge in [-0.2, -0.15) is 0 Å². The minimum atomic E-state index is -0.487. The molecule has 1 aliphatic rings. The smallest absolute Gasteiger partial charge is 0.127 e. The summed E-state index contributed by atoms with van der Waals surface area (Å²) < 4.78 is 14.4. The van der Waals surface area contributed by atoms with Crippen LogP contribution in [0.2, 0.25) is 0 Å². The first-order valence-corrected chi connectivity index (χ1v) is 15.0. The first-order valence-electron chi connectivity index (χ1n) is 13.4. The fraction of sp³-hybridized carbons (Fsp3) is 0.0270. The Hall–Kier alpha value is -4.12. The molecule has 0 atom stereocenters. The van der Waals surface area contributed by atoms with Gasteiger partial charge in [0.05, 0.1) is 5.41 Å². The van der Waals surface area contributed by atoms with Crippen molar-refractivity contribution in [2.75, 3.05) is 0 Å². The summed E-state index contributed by atoms with van der Waals surface area (Å²) in [5.41, 5.74) is 6.93. The molecule has 2 nitrogen and oxygen atoms in total. The van der Waals surface area contributed by atoms with Crippen LogP contribution in [0.4, 0.5) is 0 Å². The molecule has 6 aromatic rings. The van der Waals surface area contributed by atoms with Crippen LogP contribution >= 0.6 is 31.9 Å². The Morgan fingerprint density at radius 3 is 1.05 bits per heavy atom. The third-order valence-corrected chi connectivity index (χ3v) is 8.68. The minimum absolute atomic E-state index is 0.487. The molecule has 0 radical (unpaired) electrons. The van der Waals surface area contributed by atoms with Gasteiger partial charge in [-0.3, -0.25) is 0 Å². The van der Waals surface area contributed by atoms with Gasteiger partial charge in [-0.25, -0.2) is 0 Å². The van der Waals surface area contributed by atoms with E-state index in [0.29, 0.717) is 0 Å². The third kappa shape index (κ3) is 4.67. The minimum Gasteiger partial charge on any atom is -0.457 e. The van der Waals surface area contributed by atoms with Crippen molar-refractivity contribution in [2.45, 2.75) is 5.41 Å². The van der Waals surface area contributed by atoms with E-state index in [9.17, 15) is 0 Å². The number of ether oxygens (including phenoxy) is 2. The molecule has 198 valence electrons. The van der Waals surface area contributed by atoms with Gasteiger partial charge in [0.2, 0.25) is 0 Å². The van der Waals surface area contributed by atoms with E-state index >= 15 is 0 Å². The number of benzene rings is 6. The molecular weight excluding hydrogens is 636 g/mol. The van der Waals surface area contributed by atoms with E-state index in [1.807, 2.05) is 48.5 Å². The predicted octanol–water partition coefficient (Wildman–Crippen LogP) is 11.2. The molecule has 41 heavy (non-hydrogen) atoms. The zero-order chi connectivity index (χ0) is 27.8. The highest BCUT2D eigenvalue weighted by molar-refractivity contribution is 9.10. The van der Waals surface area contributed by atoms with Gasteiger partial charge in [0, 0.05) is 8.95 Å². The summed E-state index contributed by atoms with van der Waals surface area (Å²) in [7, 11) is 0. The number of rotatable bonds is 6. The van der Waals surface area contributed by atoms with Crippen molar-refractivity contribution in [3.63, 3.8) is 0 Å². The lowest BCUT2D eigenvalue weighted by Crippen LogP contribution is -2.28. The van der Waals surface area contributed by atoms with Crippen molar-refractivity contribution >= 4 is 31.9 Å². The number of fused-ring (bicyclic) bond motifs is 3. The van der Waals surface area contributed by atoms with E-state index in [-0.39, 0.29) is 0 Å². The fourth-order valence-corrected chi connectivity index (χ4v) is 6.38. The van der Waals surface area contributed by atoms with Crippen LogP contribution in [0, 0.1) is 0 Å².